The molecule has 0 fully saturated rings. The van der Waals surface area contributed by atoms with E-state index in [0.717, 1.165) is 5.56 Å². The van der Waals surface area contributed by atoms with Gasteiger partial charge in [-0.2, -0.15) is 0 Å². The third-order valence-electron chi connectivity index (χ3n) is 2.02. The highest BCUT2D eigenvalue weighted by Gasteiger charge is 2.18. The molecule has 1 aromatic rings. The van der Waals surface area contributed by atoms with Gasteiger partial charge in [-0.3, -0.25) is 4.79 Å². The summed E-state index contributed by atoms with van der Waals surface area (Å²) in [6.45, 7) is 0. The average molecular weight is 302 g/mol. The van der Waals surface area contributed by atoms with Crippen LogP contribution in [0.2, 0.25) is 0 Å². The summed E-state index contributed by atoms with van der Waals surface area (Å²) in [6.07, 6.45) is 0.245. The number of esters is 2. The second-order valence-electron chi connectivity index (χ2n) is 3.40. The van der Waals surface area contributed by atoms with Gasteiger partial charge >= 0.3 is 11.9 Å². The first-order chi connectivity index (χ1) is 8.02. The van der Waals surface area contributed by atoms with Crippen molar-refractivity contribution in [1.29, 1.82) is 0 Å². The van der Waals surface area contributed by atoms with Crippen LogP contribution >= 0.6 is 15.9 Å². The fourth-order valence-electron chi connectivity index (χ4n) is 1.18. The molecule has 1 rings (SSSR count). The third-order valence-corrected chi connectivity index (χ3v) is 2.48. The van der Waals surface area contributed by atoms with Gasteiger partial charge in [0.25, 0.3) is 0 Å². The number of hydrogen-bond donors (Lipinski definition) is 2. The van der Waals surface area contributed by atoms with E-state index in [1.165, 1.54) is 12.1 Å². The van der Waals surface area contributed by atoms with Crippen LogP contribution in [0.3, 0.4) is 0 Å². The monoisotopic (exact) mass is 301 g/mol. The Bertz CT molecular complexity index is 404. The van der Waals surface area contributed by atoms with Crippen LogP contribution in [0, 0.1) is 0 Å². The molecule has 0 saturated carbocycles. The first kappa shape index (κ1) is 13.7. The van der Waals surface area contributed by atoms with Gasteiger partial charge < -0.3 is 15.6 Å². The lowest BCUT2D eigenvalue weighted by atomic mass is 10.1. The molecule has 0 aliphatic carbocycles. The van der Waals surface area contributed by atoms with E-state index in [0.29, 0.717) is 0 Å². The molecule has 0 saturated heterocycles. The number of rotatable bonds is 4. The highest BCUT2D eigenvalue weighted by atomic mass is 79.9. The van der Waals surface area contributed by atoms with Crippen molar-refractivity contribution in [3.63, 3.8) is 0 Å². The Hall–Kier alpha value is -1.40. The summed E-state index contributed by atoms with van der Waals surface area (Å²) >= 11 is 2.87. The van der Waals surface area contributed by atoms with Gasteiger partial charge in [-0.05, 0) is 24.1 Å². The maximum atomic E-state index is 11.3. The Morgan fingerprint density at radius 1 is 1.35 bits per heavy atom. The van der Waals surface area contributed by atoms with Crippen LogP contribution in [0.5, 0.6) is 5.75 Å². The zero-order chi connectivity index (χ0) is 12.8. The lowest BCUT2D eigenvalue weighted by Crippen LogP contribution is -2.35. The highest BCUT2D eigenvalue weighted by Crippen LogP contribution is 2.11. The fourth-order valence-corrected chi connectivity index (χ4v) is 1.30. The summed E-state index contributed by atoms with van der Waals surface area (Å²) in [5.74, 6) is -1.29. The molecule has 6 heteroatoms. The number of hydrogen-bond acceptors (Lipinski definition) is 5. The van der Waals surface area contributed by atoms with Crippen LogP contribution in [0.1, 0.15) is 5.56 Å². The van der Waals surface area contributed by atoms with E-state index in [1.54, 1.807) is 12.1 Å². The van der Waals surface area contributed by atoms with Gasteiger partial charge in [0.2, 0.25) is 0 Å². The quantitative estimate of drug-likeness (QED) is 0.486. The normalized spacial score (nSPS) is 11.9. The topological polar surface area (TPSA) is 89.6 Å². The van der Waals surface area contributed by atoms with Crippen molar-refractivity contribution in [3.8, 4) is 5.75 Å². The Labute approximate surface area is 107 Å². The van der Waals surface area contributed by atoms with Crippen LogP contribution in [-0.2, 0) is 20.7 Å². The van der Waals surface area contributed by atoms with Crippen LogP contribution < -0.4 is 5.73 Å². The molecule has 1 atom stereocenters. The van der Waals surface area contributed by atoms with E-state index >= 15 is 0 Å². The predicted molar refractivity (Wildman–Crippen MR) is 64.7 cm³/mol. The molecule has 0 aromatic heterocycles. The van der Waals surface area contributed by atoms with Gasteiger partial charge in [0.15, 0.2) is 0 Å². The van der Waals surface area contributed by atoms with Gasteiger partial charge in [0.1, 0.15) is 17.1 Å². The van der Waals surface area contributed by atoms with Crippen molar-refractivity contribution in [2.24, 2.45) is 5.73 Å². The van der Waals surface area contributed by atoms with Crippen molar-refractivity contribution in [1.82, 2.24) is 0 Å². The molecular weight excluding hydrogens is 290 g/mol. The highest BCUT2D eigenvalue weighted by molar-refractivity contribution is 9.09. The minimum absolute atomic E-state index is 0.0509. The number of nitrogens with two attached hydrogens (primary N) is 1. The van der Waals surface area contributed by atoms with Gasteiger partial charge in [-0.1, -0.05) is 28.1 Å². The number of ether oxygens (including phenoxy) is 1. The zero-order valence-corrected chi connectivity index (χ0v) is 10.5. The van der Waals surface area contributed by atoms with E-state index < -0.39 is 18.0 Å². The second-order valence-corrected chi connectivity index (χ2v) is 3.96. The van der Waals surface area contributed by atoms with Crippen molar-refractivity contribution in [2.45, 2.75) is 12.5 Å². The Morgan fingerprint density at radius 2 is 1.94 bits per heavy atom. The van der Waals surface area contributed by atoms with Crippen LogP contribution in [0.4, 0.5) is 0 Å². The van der Waals surface area contributed by atoms with Crippen LogP contribution in [0.25, 0.3) is 0 Å². The molecule has 0 bridgehead atoms. The SMILES string of the molecule is N[C@@H](Cc1ccc(O)cc1)C(=O)OC(=O)CBr. The lowest BCUT2D eigenvalue weighted by molar-refractivity contribution is -0.158. The smallest absolute Gasteiger partial charge is 0.330 e. The lowest BCUT2D eigenvalue weighted by Gasteiger charge is -2.09. The minimum Gasteiger partial charge on any atom is -0.508 e. The molecular formula is C11H12BrNO4. The zero-order valence-electron chi connectivity index (χ0n) is 8.93. The van der Waals surface area contributed by atoms with E-state index in [4.69, 9.17) is 10.8 Å². The van der Waals surface area contributed by atoms with E-state index in [9.17, 15) is 9.59 Å². The second kappa shape index (κ2) is 6.36. The molecule has 1 aromatic carbocycles. The number of alkyl halides is 1. The van der Waals surface area contributed by atoms with Crippen molar-refractivity contribution in [3.05, 3.63) is 29.8 Å². The summed E-state index contributed by atoms with van der Waals surface area (Å²) in [7, 11) is 0. The number of halogens is 1. The summed E-state index contributed by atoms with van der Waals surface area (Å²) in [4.78, 5) is 22.2. The molecule has 0 spiro atoms. The Kier molecular flexibility index (Phi) is 5.11. The molecule has 0 unspecified atom stereocenters. The number of phenols is 1. The Balaban J connectivity index is 2.54. The summed E-state index contributed by atoms with van der Waals surface area (Å²) in [5.41, 5.74) is 6.36. The minimum atomic E-state index is -0.900. The summed E-state index contributed by atoms with van der Waals surface area (Å²) in [6, 6.07) is 5.39. The molecule has 5 nitrogen and oxygen atoms in total. The van der Waals surface area contributed by atoms with Gasteiger partial charge in [0.05, 0.1) is 0 Å². The van der Waals surface area contributed by atoms with Crippen molar-refractivity contribution in [2.75, 3.05) is 5.33 Å². The maximum Gasteiger partial charge on any atom is 0.330 e. The fraction of sp³-hybridized carbons (Fsp3) is 0.273. The van der Waals surface area contributed by atoms with Gasteiger partial charge in [-0.15, -0.1) is 0 Å². The van der Waals surface area contributed by atoms with E-state index in [2.05, 4.69) is 20.7 Å². The third kappa shape index (κ3) is 4.54. The Morgan fingerprint density at radius 3 is 2.47 bits per heavy atom. The number of phenolic OH excluding ortho intramolecular Hbond substituents is 1. The number of benzene rings is 1. The van der Waals surface area contributed by atoms with E-state index in [-0.39, 0.29) is 17.5 Å². The average Bonchev–Trinajstić information content (AvgIpc) is 2.31. The maximum absolute atomic E-state index is 11.3. The number of carbonyl (C=O) groups excluding carboxylic acids is 2. The molecule has 3 N–H and O–H groups in total. The largest absolute Gasteiger partial charge is 0.508 e. The van der Waals surface area contributed by atoms with Crippen LogP contribution in [0.15, 0.2) is 24.3 Å². The molecule has 0 amide bonds. The molecule has 92 valence electrons. The number of aromatic hydroxyl groups is 1. The van der Waals surface area contributed by atoms with Crippen molar-refractivity contribution < 1.29 is 19.4 Å². The number of carbonyl (C=O) groups is 2. The summed E-state index contributed by atoms with van der Waals surface area (Å²) in [5, 5.41) is 9.03. The molecule has 0 aliphatic heterocycles. The molecule has 0 aliphatic rings. The van der Waals surface area contributed by atoms with Crippen molar-refractivity contribution >= 4 is 27.9 Å². The van der Waals surface area contributed by atoms with Gasteiger partial charge in [-0.25, -0.2) is 4.79 Å². The van der Waals surface area contributed by atoms with Gasteiger partial charge in [0, 0.05) is 0 Å². The van der Waals surface area contributed by atoms with E-state index in [1.807, 2.05) is 0 Å². The summed E-state index contributed by atoms with van der Waals surface area (Å²) < 4.78 is 4.46. The van der Waals surface area contributed by atoms with Crippen LogP contribution in [-0.4, -0.2) is 28.4 Å². The first-order valence-corrected chi connectivity index (χ1v) is 5.99. The predicted octanol–water partition coefficient (Wildman–Crippen LogP) is 0.727. The molecule has 0 radical (unpaired) electrons. The molecule has 17 heavy (non-hydrogen) atoms. The first-order valence-electron chi connectivity index (χ1n) is 4.87. The molecule has 0 heterocycles. The standard InChI is InChI=1S/C11H12BrNO4/c12-6-10(15)17-11(16)9(13)5-7-1-3-8(14)4-2-7/h1-4,9,14H,5-6,13H2/t9-/m0/s1.